The van der Waals surface area contributed by atoms with E-state index < -0.39 is 0 Å². The first-order valence-corrected chi connectivity index (χ1v) is 3.16. The van der Waals surface area contributed by atoms with Crippen LogP contribution in [0.15, 0.2) is 25.0 Å². The van der Waals surface area contributed by atoms with Gasteiger partial charge in [0.2, 0.25) is 0 Å². The number of allylic oxidation sites excluding steroid dienone is 1. The molecule has 3 heteroatoms. The molecule has 0 unspecified atom stereocenters. The molecule has 0 atom stereocenters. The molecule has 0 amide bonds. The van der Waals surface area contributed by atoms with Gasteiger partial charge in [-0.25, -0.2) is 4.98 Å². The zero-order chi connectivity index (χ0) is 7.40. The normalized spacial score (nSPS) is 9.55. The third-order valence-electron chi connectivity index (χ3n) is 1.21. The van der Waals surface area contributed by atoms with Gasteiger partial charge in [-0.15, -0.1) is 12.4 Å². The van der Waals surface area contributed by atoms with E-state index in [9.17, 15) is 0 Å². The highest BCUT2D eigenvalue weighted by molar-refractivity contribution is 5.85. The van der Waals surface area contributed by atoms with E-state index in [1.165, 1.54) is 0 Å². The molecule has 1 aromatic heterocycles. The molecule has 0 aliphatic carbocycles. The molecule has 0 saturated carbocycles. The molecule has 0 aromatic carbocycles. The Morgan fingerprint density at radius 3 is 2.91 bits per heavy atom. The molecule has 1 rings (SSSR count). The lowest BCUT2D eigenvalue weighted by Crippen LogP contribution is -1.86. The van der Waals surface area contributed by atoms with Gasteiger partial charge in [0.25, 0.3) is 0 Å². The maximum absolute atomic E-state index is 4.08. The quantitative estimate of drug-likeness (QED) is 0.667. The summed E-state index contributed by atoms with van der Waals surface area (Å²) >= 11 is 0. The molecule has 0 N–H and O–H groups in total. The van der Waals surface area contributed by atoms with E-state index in [0.717, 1.165) is 5.82 Å². The molecule has 1 heterocycles. The summed E-state index contributed by atoms with van der Waals surface area (Å²) in [7, 11) is 0. The third kappa shape index (κ3) is 2.24. The lowest BCUT2D eigenvalue weighted by Gasteiger charge is -1.92. The van der Waals surface area contributed by atoms with Gasteiger partial charge in [-0.2, -0.15) is 0 Å². The van der Waals surface area contributed by atoms with E-state index in [-0.39, 0.29) is 12.4 Å². The van der Waals surface area contributed by atoms with E-state index >= 15 is 0 Å². The Balaban J connectivity index is 0.000001000. The Hall–Kier alpha value is -1.02. The summed E-state index contributed by atoms with van der Waals surface area (Å²) in [6, 6.07) is 0. The van der Waals surface area contributed by atoms with Crippen molar-refractivity contribution in [2.24, 2.45) is 0 Å². The Morgan fingerprint density at radius 1 is 1.64 bits per heavy atom. The second-order valence-corrected chi connectivity index (χ2v) is 1.88. The highest BCUT2D eigenvalue weighted by Crippen LogP contribution is 1.99. The number of nitrogens with zero attached hydrogens (tertiary/aromatic N) is 2. The molecule has 0 spiro atoms. The van der Waals surface area contributed by atoms with E-state index in [2.05, 4.69) is 11.6 Å². The van der Waals surface area contributed by atoms with Crippen molar-refractivity contribution in [3.8, 4) is 0 Å². The van der Waals surface area contributed by atoms with Gasteiger partial charge >= 0.3 is 0 Å². The van der Waals surface area contributed by atoms with Gasteiger partial charge in [-0.3, -0.25) is 0 Å². The minimum Gasteiger partial charge on any atom is -0.308 e. The van der Waals surface area contributed by atoms with Crippen LogP contribution in [-0.4, -0.2) is 9.55 Å². The summed E-state index contributed by atoms with van der Waals surface area (Å²) in [5, 5.41) is 0. The number of aromatic nitrogens is 2. The summed E-state index contributed by atoms with van der Waals surface area (Å²) in [5.74, 6) is 0.914. The van der Waals surface area contributed by atoms with Crippen molar-refractivity contribution in [1.29, 1.82) is 0 Å². The predicted octanol–water partition coefficient (Wildman–Crippen LogP) is 2.44. The Labute approximate surface area is 72.7 Å². The molecule has 60 valence electrons. The first-order chi connectivity index (χ1) is 4.88. The largest absolute Gasteiger partial charge is 0.308 e. The zero-order valence-corrected chi connectivity index (χ0v) is 7.21. The van der Waals surface area contributed by atoms with Crippen LogP contribution in [0.3, 0.4) is 0 Å². The molecule has 0 aliphatic heterocycles. The van der Waals surface area contributed by atoms with Gasteiger partial charge in [0.05, 0.1) is 0 Å². The van der Waals surface area contributed by atoms with E-state index in [0.29, 0.717) is 0 Å². The van der Waals surface area contributed by atoms with E-state index in [1.807, 2.05) is 29.8 Å². The van der Waals surface area contributed by atoms with Crippen LogP contribution in [0.2, 0.25) is 0 Å². The lowest BCUT2D eigenvalue weighted by atomic mass is 10.5. The number of hydrogen-bond donors (Lipinski definition) is 0. The van der Waals surface area contributed by atoms with Gasteiger partial charge in [-0.1, -0.05) is 12.7 Å². The van der Waals surface area contributed by atoms with Crippen molar-refractivity contribution in [3.05, 3.63) is 30.9 Å². The fourth-order valence-corrected chi connectivity index (χ4v) is 0.757. The van der Waals surface area contributed by atoms with Gasteiger partial charge < -0.3 is 4.57 Å². The molecular formula is C8H11ClN2. The maximum Gasteiger partial charge on any atom is 0.136 e. The Bertz CT molecular complexity index is 250. The standard InChI is InChI=1S/C8H10N2.ClH/c1-3-5-8-9-6-7-10(8)4-2;/h3-7H,2H2,1H3;1H. The SMILES string of the molecule is C=Cn1ccnc1C=CC.Cl. The van der Waals surface area contributed by atoms with Crippen LogP contribution in [0.25, 0.3) is 12.3 Å². The fraction of sp³-hybridized carbons (Fsp3) is 0.125. The first kappa shape index (κ1) is 9.98. The van der Waals surface area contributed by atoms with E-state index in [4.69, 9.17) is 0 Å². The Morgan fingerprint density at radius 2 is 2.36 bits per heavy atom. The number of hydrogen-bond acceptors (Lipinski definition) is 1. The smallest absolute Gasteiger partial charge is 0.136 e. The summed E-state index contributed by atoms with van der Waals surface area (Å²) in [4.78, 5) is 4.08. The second-order valence-electron chi connectivity index (χ2n) is 1.88. The number of rotatable bonds is 2. The van der Waals surface area contributed by atoms with Crippen LogP contribution in [0.4, 0.5) is 0 Å². The van der Waals surface area contributed by atoms with Crippen molar-refractivity contribution in [3.63, 3.8) is 0 Å². The van der Waals surface area contributed by atoms with Crippen LogP contribution in [0, 0.1) is 0 Å². The van der Waals surface area contributed by atoms with Gasteiger partial charge in [0.15, 0.2) is 0 Å². The van der Waals surface area contributed by atoms with Crippen LogP contribution < -0.4 is 0 Å². The second kappa shape index (κ2) is 4.74. The fourth-order valence-electron chi connectivity index (χ4n) is 0.757. The van der Waals surface area contributed by atoms with Crippen molar-refractivity contribution in [2.45, 2.75) is 6.92 Å². The summed E-state index contributed by atoms with van der Waals surface area (Å²) in [6.07, 6.45) is 9.21. The van der Waals surface area contributed by atoms with Crippen molar-refractivity contribution in [1.82, 2.24) is 9.55 Å². The van der Waals surface area contributed by atoms with Gasteiger partial charge in [0, 0.05) is 18.6 Å². The molecular weight excluding hydrogens is 160 g/mol. The predicted molar refractivity (Wildman–Crippen MR) is 50.6 cm³/mol. The molecule has 11 heavy (non-hydrogen) atoms. The van der Waals surface area contributed by atoms with Gasteiger partial charge in [0.1, 0.15) is 5.82 Å². The molecule has 0 saturated heterocycles. The van der Waals surface area contributed by atoms with Crippen LogP contribution in [0.5, 0.6) is 0 Å². The highest BCUT2D eigenvalue weighted by atomic mass is 35.5. The topological polar surface area (TPSA) is 17.8 Å². The average molecular weight is 171 g/mol. The summed E-state index contributed by atoms with van der Waals surface area (Å²) in [5.41, 5.74) is 0. The molecule has 0 aliphatic rings. The van der Waals surface area contributed by atoms with Crippen LogP contribution in [0.1, 0.15) is 12.7 Å². The monoisotopic (exact) mass is 170 g/mol. The van der Waals surface area contributed by atoms with Crippen molar-refractivity contribution < 1.29 is 0 Å². The minimum atomic E-state index is 0. The average Bonchev–Trinajstić information content (AvgIpc) is 2.36. The van der Waals surface area contributed by atoms with Crippen LogP contribution in [-0.2, 0) is 0 Å². The maximum atomic E-state index is 4.08. The van der Waals surface area contributed by atoms with Crippen molar-refractivity contribution in [2.75, 3.05) is 0 Å². The zero-order valence-electron chi connectivity index (χ0n) is 6.40. The summed E-state index contributed by atoms with van der Waals surface area (Å²) in [6.45, 7) is 5.60. The van der Waals surface area contributed by atoms with E-state index in [1.54, 1.807) is 12.4 Å². The number of halogens is 1. The van der Waals surface area contributed by atoms with Crippen LogP contribution >= 0.6 is 12.4 Å². The molecule has 0 bridgehead atoms. The first-order valence-electron chi connectivity index (χ1n) is 3.16. The molecule has 1 aromatic rings. The van der Waals surface area contributed by atoms with Gasteiger partial charge in [-0.05, 0) is 13.0 Å². The lowest BCUT2D eigenvalue weighted by molar-refractivity contribution is 1.11. The number of imidazole rings is 1. The molecule has 2 nitrogen and oxygen atoms in total. The minimum absolute atomic E-state index is 0. The van der Waals surface area contributed by atoms with Crippen molar-refractivity contribution >= 4 is 24.7 Å². The highest BCUT2D eigenvalue weighted by Gasteiger charge is 1.90. The third-order valence-corrected chi connectivity index (χ3v) is 1.21. The Kier molecular flexibility index (Phi) is 4.30. The summed E-state index contributed by atoms with van der Waals surface area (Å²) < 4.78 is 1.86. The molecule has 0 radical (unpaired) electrons. The molecule has 0 fully saturated rings.